The lowest BCUT2D eigenvalue weighted by atomic mass is 9.97. The van der Waals surface area contributed by atoms with E-state index >= 15 is 0 Å². The Bertz CT molecular complexity index is 2290. The number of Topliss-reactive ketones (excluding diaryl/α,β-unsaturated/α-hetero) is 2. The number of hydrogen-bond acceptors (Lipinski definition) is 10. The minimum absolute atomic E-state index is 0.0254. The van der Waals surface area contributed by atoms with Gasteiger partial charge in [-0.05, 0) is 103 Å². The molecule has 0 heterocycles. The van der Waals surface area contributed by atoms with Crippen LogP contribution in [0.3, 0.4) is 0 Å². The molecule has 0 saturated carbocycles. The zero-order valence-corrected chi connectivity index (χ0v) is 46.2. The number of unbranched alkanes of at least 4 members (excludes halogenated alkanes) is 2. The Morgan fingerprint density at radius 3 is 1.71 bits per heavy atom. The lowest BCUT2D eigenvalue weighted by molar-refractivity contribution is 0.0989. The van der Waals surface area contributed by atoms with Gasteiger partial charge >= 0.3 is 0 Å². The first-order valence-corrected chi connectivity index (χ1v) is 26.0. The average Bonchev–Trinajstić information content (AvgIpc) is 3.37. The van der Waals surface area contributed by atoms with Crippen LogP contribution in [0.15, 0.2) is 104 Å². The highest BCUT2D eigenvalue weighted by Gasteiger charge is 2.18. The number of ketones is 2. The summed E-state index contributed by atoms with van der Waals surface area (Å²) < 4.78 is 29.2. The molecule has 9 nitrogen and oxygen atoms in total. The topological polar surface area (TPSA) is 104 Å². The first-order valence-electron chi connectivity index (χ1n) is 25.0. The summed E-state index contributed by atoms with van der Waals surface area (Å²) in [5.74, 6) is 2.70. The van der Waals surface area contributed by atoms with Crippen LogP contribution in [-0.4, -0.2) is 51.8 Å². The number of carbonyl (C=O) groups is 2. The highest BCUT2D eigenvalue weighted by atomic mass is 32.2. The Labute approximate surface area is 427 Å². The van der Waals surface area contributed by atoms with Crippen molar-refractivity contribution in [2.45, 2.75) is 139 Å². The maximum atomic E-state index is 13.5. The summed E-state index contributed by atoms with van der Waals surface area (Å²) in [6.07, 6.45) is 8.36. The number of thioether (sulfide) groups is 1. The molecule has 0 amide bonds. The zero-order chi connectivity index (χ0) is 52.4. The number of anilines is 2. The van der Waals surface area contributed by atoms with Crippen LogP contribution in [0, 0.1) is 13.8 Å². The number of nitrogens with one attached hydrogen (secondary N) is 2. The van der Waals surface area contributed by atoms with Gasteiger partial charge in [-0.15, -0.1) is 0 Å². The number of rotatable bonds is 24. The molecule has 2 N–H and O–H groups in total. The van der Waals surface area contributed by atoms with Crippen LogP contribution < -0.4 is 29.6 Å². The second-order valence-corrected chi connectivity index (χ2v) is 17.5. The van der Waals surface area contributed by atoms with E-state index in [2.05, 4.69) is 88.2 Å². The molecule has 1 atom stereocenters. The van der Waals surface area contributed by atoms with Crippen molar-refractivity contribution >= 4 is 34.7 Å². The molecule has 0 bridgehead atoms. The van der Waals surface area contributed by atoms with Gasteiger partial charge in [-0.2, -0.15) is 11.8 Å². The largest absolute Gasteiger partial charge is 0.493 e. The molecule has 0 aliphatic rings. The van der Waals surface area contributed by atoms with Gasteiger partial charge in [0.15, 0.2) is 34.6 Å². The molecule has 0 radical (unpaired) electrons. The van der Waals surface area contributed by atoms with Crippen molar-refractivity contribution in [3.63, 3.8) is 0 Å². The van der Waals surface area contributed by atoms with E-state index in [1.54, 1.807) is 64.5 Å². The van der Waals surface area contributed by atoms with E-state index in [0.717, 1.165) is 39.3 Å². The average molecular weight is 979 g/mol. The fourth-order valence-corrected chi connectivity index (χ4v) is 8.08. The van der Waals surface area contributed by atoms with E-state index in [0.29, 0.717) is 51.7 Å². The third kappa shape index (κ3) is 21.5. The summed E-state index contributed by atoms with van der Waals surface area (Å²) in [5, 5.41) is 6.50. The van der Waals surface area contributed by atoms with Crippen LogP contribution in [-0.2, 0) is 36.5 Å². The summed E-state index contributed by atoms with van der Waals surface area (Å²) in [6.45, 7) is 27.3. The lowest BCUT2D eigenvalue weighted by Gasteiger charge is -2.17. The smallest absolute Gasteiger partial charge is 0.167 e. The molecule has 0 aliphatic heterocycles. The van der Waals surface area contributed by atoms with Crippen molar-refractivity contribution in [2.24, 2.45) is 0 Å². The van der Waals surface area contributed by atoms with Gasteiger partial charge in [0.2, 0.25) is 0 Å². The fourth-order valence-electron chi connectivity index (χ4n) is 7.20. The van der Waals surface area contributed by atoms with Gasteiger partial charge in [0.25, 0.3) is 0 Å². The molecule has 70 heavy (non-hydrogen) atoms. The molecule has 1 unspecified atom stereocenters. The van der Waals surface area contributed by atoms with Gasteiger partial charge in [0.05, 0.1) is 20.8 Å². The predicted octanol–water partition coefficient (Wildman–Crippen LogP) is 15.9. The van der Waals surface area contributed by atoms with Crippen molar-refractivity contribution in [1.82, 2.24) is 0 Å². The molecule has 0 aromatic heterocycles. The van der Waals surface area contributed by atoms with E-state index in [-0.39, 0.29) is 31.2 Å². The molecule has 384 valence electrons. The summed E-state index contributed by atoms with van der Waals surface area (Å²) in [5.41, 5.74) is 10.2. The number of benzene rings is 5. The Balaban J connectivity index is 0.00000108. The van der Waals surface area contributed by atoms with Crippen molar-refractivity contribution < 1.29 is 33.3 Å². The van der Waals surface area contributed by atoms with Crippen LogP contribution in [0.2, 0.25) is 0 Å². The van der Waals surface area contributed by atoms with Crippen LogP contribution in [0.1, 0.15) is 148 Å². The zero-order valence-electron chi connectivity index (χ0n) is 45.4. The predicted molar refractivity (Wildman–Crippen MR) is 299 cm³/mol. The van der Waals surface area contributed by atoms with E-state index in [4.69, 9.17) is 23.7 Å². The molecule has 0 saturated heterocycles. The molecule has 0 fully saturated rings. The molecule has 0 aliphatic carbocycles. The number of methoxy groups -OCH3 is 3. The Kier molecular flexibility index (Phi) is 32.3. The maximum Gasteiger partial charge on any atom is 0.167 e. The maximum absolute atomic E-state index is 13.5. The number of aryl methyl sites for hydroxylation is 3. The van der Waals surface area contributed by atoms with Crippen molar-refractivity contribution in [1.29, 1.82) is 0 Å². The van der Waals surface area contributed by atoms with E-state index in [9.17, 15) is 9.59 Å². The third-order valence-electron chi connectivity index (χ3n) is 10.7. The van der Waals surface area contributed by atoms with E-state index < -0.39 is 0 Å². The highest BCUT2D eigenvalue weighted by Crippen LogP contribution is 2.36. The molecular formula is C60H86N2O7S. The van der Waals surface area contributed by atoms with E-state index in [1.165, 1.54) is 50.2 Å². The minimum Gasteiger partial charge on any atom is -0.493 e. The van der Waals surface area contributed by atoms with Gasteiger partial charge < -0.3 is 34.3 Å². The monoisotopic (exact) mass is 979 g/mol. The summed E-state index contributed by atoms with van der Waals surface area (Å²) in [7, 11) is 6.60. The fraction of sp³-hybridized carbons (Fsp3) is 0.433. The van der Waals surface area contributed by atoms with E-state index in [1.807, 2.05) is 71.0 Å². The molecule has 5 rings (SSSR count). The Hall–Kier alpha value is -5.71. The highest BCUT2D eigenvalue weighted by molar-refractivity contribution is 7.99. The number of carbonyl (C=O) groups excluding carboxylic acids is 2. The molecular weight excluding hydrogens is 893 g/mol. The molecule has 5 aromatic carbocycles. The second-order valence-electron chi connectivity index (χ2n) is 16.1. The minimum atomic E-state index is -0.0719. The van der Waals surface area contributed by atoms with Crippen LogP contribution in [0.25, 0.3) is 0 Å². The SMILES string of the molecule is C=CNc1ccccc1CC(=O)c1cc(OC)c(OCc2cc(COc3cc(NC)c(C(C)=O)cc3OC)cc(CSC(C)COC)c2)cc1C.CC.CC.CCCCC.CCCc1ccccc1C. The number of ether oxygens (including phenoxy) is 5. The number of hydrogen-bond donors (Lipinski definition) is 2. The van der Waals surface area contributed by atoms with Crippen molar-refractivity contribution in [3.05, 3.63) is 154 Å². The summed E-state index contributed by atoms with van der Waals surface area (Å²) in [6, 6.07) is 29.6. The van der Waals surface area contributed by atoms with Crippen LogP contribution in [0.4, 0.5) is 11.4 Å². The van der Waals surface area contributed by atoms with Gasteiger partial charge in [0.1, 0.15) is 13.2 Å². The molecule has 10 heteroatoms. The van der Waals surface area contributed by atoms with Crippen molar-refractivity contribution in [3.8, 4) is 23.0 Å². The first kappa shape index (κ1) is 62.3. The van der Waals surface area contributed by atoms with Crippen LogP contribution in [0.5, 0.6) is 23.0 Å². The Morgan fingerprint density at radius 2 is 1.21 bits per heavy atom. The first-order chi connectivity index (χ1) is 33.9. The molecule has 5 aromatic rings. The summed E-state index contributed by atoms with van der Waals surface area (Å²) >= 11 is 1.80. The third-order valence-corrected chi connectivity index (χ3v) is 11.9. The second kappa shape index (κ2) is 36.3. The lowest BCUT2D eigenvalue weighted by Crippen LogP contribution is -2.09. The van der Waals surface area contributed by atoms with Crippen molar-refractivity contribution in [2.75, 3.05) is 45.6 Å². The molecule has 0 spiro atoms. The number of para-hydroxylation sites is 1. The van der Waals surface area contributed by atoms with Crippen LogP contribution >= 0.6 is 11.8 Å². The summed E-state index contributed by atoms with van der Waals surface area (Å²) in [4.78, 5) is 25.7. The normalized spacial score (nSPS) is 10.4. The standard InChI is InChI=1S/C41H48N2O7S.C10H14.C5H12.2C2H6/c1-9-43-35-13-11-10-12-32(35)18-37(45)33-19-38(47-7)40(14-26(33)2)49-23-29-15-30(17-31(16-29)25-51-27(3)22-46-6)24-50-41-21-36(42-5)34(28(4)44)20-39(41)48-8;1-3-6-10-8-5-4-7-9(10)2;1-3-5-4-2;2*1-2/h9-17,19-21,27,42-43H,1,18,22-25H2,2-8H3;4-5,7-8H,3,6H2,1-2H3;3-5H2,1-2H3;2*1-2H3. The van der Waals surface area contributed by atoms with Gasteiger partial charge in [-0.3, -0.25) is 9.59 Å². The Morgan fingerprint density at radius 1 is 0.671 bits per heavy atom. The van der Waals surface area contributed by atoms with Gasteiger partial charge in [-0.1, -0.05) is 142 Å². The van der Waals surface area contributed by atoms with Gasteiger partial charge in [-0.25, -0.2) is 0 Å². The van der Waals surface area contributed by atoms with Gasteiger partial charge in [0, 0.05) is 60.1 Å². The quantitative estimate of drug-likeness (QED) is 0.0581.